The lowest BCUT2D eigenvalue weighted by molar-refractivity contribution is -0.385. The van der Waals surface area contributed by atoms with Crippen molar-refractivity contribution in [2.45, 2.75) is 13.3 Å². The van der Waals surface area contributed by atoms with Gasteiger partial charge in [0.05, 0.1) is 39.7 Å². The Labute approximate surface area is 159 Å². The van der Waals surface area contributed by atoms with Crippen LogP contribution in [0.5, 0.6) is 11.5 Å². The summed E-state index contributed by atoms with van der Waals surface area (Å²) < 4.78 is 10.8. The molecule has 0 unspecified atom stereocenters. The molecule has 0 saturated heterocycles. The topological polar surface area (TPSA) is 90.3 Å². The summed E-state index contributed by atoms with van der Waals surface area (Å²) >= 11 is 12.0. The molecule has 9 heteroatoms. The number of aromatic nitrogens is 2. The second kappa shape index (κ2) is 7.39. The molecule has 0 atom stereocenters. The summed E-state index contributed by atoms with van der Waals surface area (Å²) in [5.74, 6) is 0.797. The van der Waals surface area contributed by atoms with Gasteiger partial charge in [0.25, 0.3) is 0 Å². The fourth-order valence-electron chi connectivity index (χ4n) is 2.50. The number of imidazole rings is 1. The number of nitro benzene ring substituents is 1. The number of nitrogens with zero attached hydrogens (tertiary/aromatic N) is 2. The number of nitro groups is 1. The van der Waals surface area contributed by atoms with Crippen molar-refractivity contribution in [2.75, 3.05) is 13.7 Å². The number of aromatic amines is 1. The second-order valence-corrected chi connectivity index (χ2v) is 6.32. The highest BCUT2D eigenvalue weighted by atomic mass is 35.5. The molecule has 0 saturated carbocycles. The first-order valence-electron chi connectivity index (χ1n) is 7.79. The van der Waals surface area contributed by atoms with Gasteiger partial charge >= 0.3 is 5.69 Å². The van der Waals surface area contributed by atoms with E-state index in [4.69, 9.17) is 32.7 Å². The molecular formula is C17H15Cl2N3O4. The van der Waals surface area contributed by atoms with E-state index in [0.29, 0.717) is 45.5 Å². The Morgan fingerprint density at radius 3 is 2.62 bits per heavy atom. The minimum atomic E-state index is -0.507. The number of benzene rings is 2. The van der Waals surface area contributed by atoms with Gasteiger partial charge in [-0.2, -0.15) is 0 Å². The van der Waals surface area contributed by atoms with Crippen LogP contribution in [0, 0.1) is 10.1 Å². The van der Waals surface area contributed by atoms with Gasteiger partial charge in [0, 0.05) is 11.6 Å². The van der Waals surface area contributed by atoms with Gasteiger partial charge in [0.2, 0.25) is 5.75 Å². The van der Waals surface area contributed by atoms with Gasteiger partial charge in [-0.05, 0) is 24.6 Å². The predicted molar refractivity (Wildman–Crippen MR) is 101 cm³/mol. The summed E-state index contributed by atoms with van der Waals surface area (Å²) in [5.41, 5.74) is 1.56. The average Bonchev–Trinajstić information content (AvgIpc) is 3.02. The summed E-state index contributed by atoms with van der Waals surface area (Å²) in [6, 6.07) is 6.32. The highest BCUT2D eigenvalue weighted by Gasteiger charge is 2.24. The fourth-order valence-corrected chi connectivity index (χ4v) is 2.82. The predicted octanol–water partition coefficient (Wildman–Crippen LogP) is 5.24. The molecule has 0 amide bonds. The molecule has 0 fully saturated rings. The Morgan fingerprint density at radius 1 is 1.23 bits per heavy atom. The molecule has 3 rings (SSSR count). The van der Waals surface area contributed by atoms with E-state index in [9.17, 15) is 10.1 Å². The normalized spacial score (nSPS) is 10.9. The standard InChI is InChI=1S/C17H15Cl2N3O4/c1-3-4-26-16-14(22(23)24)5-9(6-15(16)25-2)17-20-12-7-10(18)11(19)8-13(12)21-17/h5-8H,3-4H2,1-2H3,(H,20,21). The lowest BCUT2D eigenvalue weighted by Crippen LogP contribution is -2.02. The SMILES string of the molecule is CCCOc1c(OC)cc(-c2nc3cc(Cl)c(Cl)cc3[nH]2)cc1[N+](=O)[O-]. The van der Waals surface area contributed by atoms with Crippen LogP contribution in [0.3, 0.4) is 0 Å². The Balaban J connectivity index is 2.15. The average molecular weight is 396 g/mol. The summed E-state index contributed by atoms with van der Waals surface area (Å²) in [5, 5.41) is 12.3. The zero-order valence-corrected chi connectivity index (χ0v) is 15.5. The van der Waals surface area contributed by atoms with Crippen molar-refractivity contribution in [1.82, 2.24) is 9.97 Å². The summed E-state index contributed by atoms with van der Waals surface area (Å²) in [6.45, 7) is 2.26. The zero-order valence-electron chi connectivity index (χ0n) is 14.0. The fraction of sp³-hybridized carbons (Fsp3) is 0.235. The van der Waals surface area contributed by atoms with Crippen molar-refractivity contribution in [3.63, 3.8) is 0 Å². The van der Waals surface area contributed by atoms with Gasteiger partial charge in [-0.1, -0.05) is 30.1 Å². The number of ether oxygens (including phenoxy) is 2. The van der Waals surface area contributed by atoms with E-state index in [1.54, 1.807) is 18.2 Å². The number of H-pyrrole nitrogens is 1. The summed E-state index contributed by atoms with van der Waals surface area (Å²) in [6.07, 6.45) is 0.715. The van der Waals surface area contributed by atoms with Crippen LogP contribution in [0.15, 0.2) is 24.3 Å². The summed E-state index contributed by atoms with van der Waals surface area (Å²) in [4.78, 5) is 18.5. The molecule has 7 nitrogen and oxygen atoms in total. The molecule has 3 aromatic rings. The van der Waals surface area contributed by atoms with Gasteiger partial charge in [-0.15, -0.1) is 0 Å². The Hall–Kier alpha value is -2.51. The van der Waals surface area contributed by atoms with E-state index in [2.05, 4.69) is 9.97 Å². The molecule has 1 heterocycles. The van der Waals surface area contributed by atoms with Crippen LogP contribution < -0.4 is 9.47 Å². The molecule has 0 aliphatic carbocycles. The number of methoxy groups -OCH3 is 1. The third-order valence-corrected chi connectivity index (χ3v) is 4.42. The minimum absolute atomic E-state index is 0.102. The van der Waals surface area contributed by atoms with Crippen molar-refractivity contribution >= 4 is 39.9 Å². The van der Waals surface area contributed by atoms with Crippen LogP contribution in [-0.4, -0.2) is 28.6 Å². The molecular weight excluding hydrogens is 381 g/mol. The lowest BCUT2D eigenvalue weighted by Gasteiger charge is -2.11. The Bertz CT molecular complexity index is 949. The third kappa shape index (κ3) is 3.40. The maximum atomic E-state index is 11.5. The summed E-state index contributed by atoms with van der Waals surface area (Å²) in [7, 11) is 1.43. The van der Waals surface area contributed by atoms with E-state index in [0.717, 1.165) is 0 Å². The van der Waals surface area contributed by atoms with Gasteiger partial charge in [-0.3, -0.25) is 10.1 Å². The number of hydrogen-bond acceptors (Lipinski definition) is 5. The van der Waals surface area contributed by atoms with Crippen LogP contribution in [0.25, 0.3) is 22.4 Å². The number of rotatable bonds is 6. The van der Waals surface area contributed by atoms with Crippen molar-refractivity contribution in [2.24, 2.45) is 0 Å². The minimum Gasteiger partial charge on any atom is -0.493 e. The molecule has 0 spiro atoms. The smallest absolute Gasteiger partial charge is 0.315 e. The zero-order chi connectivity index (χ0) is 18.8. The van der Waals surface area contributed by atoms with Crippen LogP contribution in [0.2, 0.25) is 10.0 Å². The van der Waals surface area contributed by atoms with Crippen LogP contribution >= 0.6 is 23.2 Å². The number of fused-ring (bicyclic) bond motifs is 1. The molecule has 0 bridgehead atoms. The van der Waals surface area contributed by atoms with E-state index in [-0.39, 0.29) is 17.2 Å². The van der Waals surface area contributed by atoms with Gasteiger partial charge in [-0.25, -0.2) is 4.98 Å². The number of hydrogen-bond donors (Lipinski definition) is 1. The second-order valence-electron chi connectivity index (χ2n) is 5.50. The van der Waals surface area contributed by atoms with Gasteiger partial charge in [0.15, 0.2) is 5.75 Å². The van der Waals surface area contributed by atoms with E-state index in [1.807, 2.05) is 6.92 Å². The maximum Gasteiger partial charge on any atom is 0.315 e. The maximum absolute atomic E-state index is 11.5. The van der Waals surface area contributed by atoms with Crippen LogP contribution in [-0.2, 0) is 0 Å². The van der Waals surface area contributed by atoms with Crippen LogP contribution in [0.1, 0.15) is 13.3 Å². The third-order valence-electron chi connectivity index (χ3n) is 3.70. The Morgan fingerprint density at radius 2 is 1.96 bits per heavy atom. The molecule has 26 heavy (non-hydrogen) atoms. The first kappa shape index (κ1) is 18.3. The Kier molecular flexibility index (Phi) is 5.20. The van der Waals surface area contributed by atoms with E-state index < -0.39 is 4.92 Å². The van der Waals surface area contributed by atoms with Gasteiger partial charge in [0.1, 0.15) is 5.82 Å². The highest BCUT2D eigenvalue weighted by molar-refractivity contribution is 6.42. The quantitative estimate of drug-likeness (QED) is 0.454. The van der Waals surface area contributed by atoms with Crippen molar-refractivity contribution in [3.8, 4) is 22.9 Å². The van der Waals surface area contributed by atoms with Crippen LogP contribution in [0.4, 0.5) is 5.69 Å². The number of nitrogens with one attached hydrogen (secondary N) is 1. The molecule has 136 valence electrons. The molecule has 0 radical (unpaired) electrons. The molecule has 0 aliphatic heterocycles. The van der Waals surface area contributed by atoms with E-state index >= 15 is 0 Å². The number of halogens is 2. The first-order valence-corrected chi connectivity index (χ1v) is 8.54. The van der Waals surface area contributed by atoms with Crippen molar-refractivity contribution in [3.05, 3.63) is 44.4 Å². The lowest BCUT2D eigenvalue weighted by atomic mass is 10.1. The molecule has 1 aromatic heterocycles. The monoisotopic (exact) mass is 395 g/mol. The molecule has 1 N–H and O–H groups in total. The molecule has 0 aliphatic rings. The first-order chi connectivity index (χ1) is 12.4. The highest BCUT2D eigenvalue weighted by Crippen LogP contribution is 2.41. The molecule has 2 aromatic carbocycles. The largest absolute Gasteiger partial charge is 0.493 e. The van der Waals surface area contributed by atoms with Crippen molar-refractivity contribution in [1.29, 1.82) is 0 Å². The van der Waals surface area contributed by atoms with Gasteiger partial charge < -0.3 is 14.5 Å². The van der Waals surface area contributed by atoms with E-state index in [1.165, 1.54) is 13.2 Å². The van der Waals surface area contributed by atoms with Crippen molar-refractivity contribution < 1.29 is 14.4 Å².